The number of hydrogen-bond donors (Lipinski definition) is 1. The van der Waals surface area contributed by atoms with Gasteiger partial charge in [-0.2, -0.15) is 0 Å². The Labute approximate surface area is 53.6 Å². The highest BCUT2D eigenvalue weighted by atomic mass is 35.9. The van der Waals surface area contributed by atoms with Crippen molar-refractivity contribution in [1.29, 1.82) is 0 Å². The zero-order valence-corrected chi connectivity index (χ0v) is 6.47. The summed E-state index contributed by atoms with van der Waals surface area (Å²) >= 11 is 10.5. The molecule has 0 fully saturated rings. The lowest BCUT2D eigenvalue weighted by Gasteiger charge is -1.94. The second kappa shape index (κ2) is 3.09. The Bertz CT molecular complexity index is 51.4. The molecule has 0 saturated heterocycles. The predicted molar refractivity (Wildman–Crippen MR) is 36.0 cm³/mol. The van der Waals surface area contributed by atoms with E-state index in [0.717, 1.165) is 6.42 Å². The van der Waals surface area contributed by atoms with Crippen LogP contribution in [0, 0.1) is 0 Å². The van der Waals surface area contributed by atoms with Crippen molar-refractivity contribution in [2.24, 2.45) is 0 Å². The van der Waals surface area contributed by atoms with Crippen LogP contribution < -0.4 is 0 Å². The van der Waals surface area contributed by atoms with Crippen molar-refractivity contribution in [3.63, 3.8) is 0 Å². The minimum Gasteiger partial charge on any atom is -0.215 e. The molecule has 0 spiro atoms. The van der Waals surface area contributed by atoms with Gasteiger partial charge in [0, 0.05) is 0 Å². The maximum atomic E-state index is 8.66. The molecule has 0 atom stereocenters. The highest BCUT2D eigenvalue weighted by Gasteiger charge is 2.29. The van der Waals surface area contributed by atoms with E-state index in [1.165, 1.54) is 0 Å². The van der Waals surface area contributed by atoms with Gasteiger partial charge in [0.05, 0.1) is 0 Å². The zero-order valence-electron chi connectivity index (χ0n) is 4.06. The van der Waals surface area contributed by atoms with Crippen LogP contribution in [0.1, 0.15) is 13.3 Å². The SMILES string of the molecule is CCC[P+](O)(Cl)Cl. The van der Waals surface area contributed by atoms with Gasteiger partial charge in [-0.3, -0.25) is 0 Å². The van der Waals surface area contributed by atoms with Crippen LogP contribution in [0.4, 0.5) is 0 Å². The molecule has 7 heavy (non-hydrogen) atoms. The summed E-state index contributed by atoms with van der Waals surface area (Å²) in [5.41, 5.74) is 0. The van der Waals surface area contributed by atoms with Crippen LogP contribution in [-0.4, -0.2) is 11.1 Å². The van der Waals surface area contributed by atoms with Crippen LogP contribution in [0.5, 0.6) is 0 Å². The summed E-state index contributed by atoms with van der Waals surface area (Å²) in [7, 11) is 0. The molecule has 1 nitrogen and oxygen atoms in total. The standard InChI is InChI=1S/C3H8Cl2OP/c1-2-3-7(4,5)6/h6H,2-3H2,1H3/q+1. The molecule has 0 aromatic carbocycles. The summed E-state index contributed by atoms with van der Waals surface area (Å²) in [5.74, 6) is 0. The van der Waals surface area contributed by atoms with Gasteiger partial charge >= 0.3 is 6.19 Å². The van der Waals surface area contributed by atoms with E-state index in [1.54, 1.807) is 0 Å². The lowest BCUT2D eigenvalue weighted by Crippen LogP contribution is -1.78. The fourth-order valence-corrected chi connectivity index (χ4v) is 1.82. The first-order chi connectivity index (χ1) is 3.06. The molecule has 44 valence electrons. The van der Waals surface area contributed by atoms with Gasteiger partial charge in [-0.25, -0.2) is 4.89 Å². The Morgan fingerprint density at radius 3 is 2.00 bits per heavy atom. The second-order valence-electron chi connectivity index (χ2n) is 1.32. The maximum Gasteiger partial charge on any atom is 0.335 e. The molecule has 0 saturated carbocycles. The van der Waals surface area contributed by atoms with Gasteiger partial charge in [0.25, 0.3) is 0 Å². The van der Waals surface area contributed by atoms with Gasteiger partial charge in [0.1, 0.15) is 28.6 Å². The third kappa shape index (κ3) is 6.97. The molecule has 0 bridgehead atoms. The van der Waals surface area contributed by atoms with Crippen LogP contribution >= 0.6 is 28.7 Å². The lowest BCUT2D eigenvalue weighted by atomic mass is 10.6. The largest absolute Gasteiger partial charge is 0.335 e. The molecule has 0 aliphatic heterocycles. The first-order valence-electron chi connectivity index (χ1n) is 2.06. The Morgan fingerprint density at radius 2 is 2.00 bits per heavy atom. The second-order valence-corrected chi connectivity index (χ2v) is 6.83. The van der Waals surface area contributed by atoms with Gasteiger partial charge < -0.3 is 0 Å². The van der Waals surface area contributed by atoms with Gasteiger partial charge in [-0.15, -0.1) is 0 Å². The fraction of sp³-hybridized carbons (Fsp3) is 1.00. The van der Waals surface area contributed by atoms with Gasteiger partial charge in [0.15, 0.2) is 0 Å². The molecule has 0 aromatic rings. The van der Waals surface area contributed by atoms with Gasteiger partial charge in [-0.1, -0.05) is 6.92 Å². The lowest BCUT2D eigenvalue weighted by molar-refractivity contribution is 0.631. The maximum absolute atomic E-state index is 8.66. The Balaban J connectivity index is 3.15. The van der Waals surface area contributed by atoms with Crippen molar-refractivity contribution < 1.29 is 4.89 Å². The highest BCUT2D eigenvalue weighted by molar-refractivity contribution is 8.13. The average molecular weight is 162 g/mol. The topological polar surface area (TPSA) is 20.2 Å². The average Bonchev–Trinajstić information content (AvgIpc) is 1.30. The summed E-state index contributed by atoms with van der Waals surface area (Å²) in [6.45, 7) is 1.93. The summed E-state index contributed by atoms with van der Waals surface area (Å²) in [6.07, 6.45) is -1.09. The molecule has 4 heteroatoms. The molecule has 0 radical (unpaired) electrons. The number of rotatable bonds is 2. The molecule has 0 aromatic heterocycles. The van der Waals surface area contributed by atoms with Crippen molar-refractivity contribution in [3.05, 3.63) is 0 Å². The molecular formula is C3H8Cl2OP+. The van der Waals surface area contributed by atoms with E-state index in [4.69, 9.17) is 27.4 Å². The fourth-order valence-electron chi connectivity index (χ4n) is 0.269. The Hall–Kier alpha value is 0.970. The van der Waals surface area contributed by atoms with Gasteiger partial charge in [-0.05, 0) is 6.42 Å². The van der Waals surface area contributed by atoms with Crippen molar-refractivity contribution in [2.45, 2.75) is 13.3 Å². The molecule has 0 amide bonds. The Morgan fingerprint density at radius 1 is 1.57 bits per heavy atom. The molecule has 1 N–H and O–H groups in total. The van der Waals surface area contributed by atoms with Crippen LogP contribution in [-0.2, 0) is 0 Å². The van der Waals surface area contributed by atoms with Crippen molar-refractivity contribution in [2.75, 3.05) is 6.16 Å². The minimum absolute atomic E-state index is 0.538. The Kier molecular flexibility index (Phi) is 3.52. The van der Waals surface area contributed by atoms with E-state index < -0.39 is 6.19 Å². The molecule has 0 unspecified atom stereocenters. The van der Waals surface area contributed by atoms with Gasteiger partial charge in [0.2, 0.25) is 0 Å². The highest BCUT2D eigenvalue weighted by Crippen LogP contribution is 2.65. The van der Waals surface area contributed by atoms with E-state index >= 15 is 0 Å². The first kappa shape index (κ1) is 7.97. The van der Waals surface area contributed by atoms with Crippen LogP contribution in [0.2, 0.25) is 0 Å². The van der Waals surface area contributed by atoms with E-state index in [-0.39, 0.29) is 0 Å². The third-order valence-corrected chi connectivity index (χ3v) is 2.49. The zero-order chi connectivity index (χ0) is 5.91. The number of hydrogen-bond acceptors (Lipinski definition) is 1. The summed E-state index contributed by atoms with van der Waals surface area (Å²) in [4.78, 5) is 8.66. The monoisotopic (exact) mass is 161 g/mol. The summed E-state index contributed by atoms with van der Waals surface area (Å²) in [6, 6.07) is 0. The number of halogens is 2. The van der Waals surface area contributed by atoms with E-state index in [9.17, 15) is 0 Å². The third-order valence-electron chi connectivity index (χ3n) is 0.493. The summed E-state index contributed by atoms with van der Waals surface area (Å²) in [5, 5.41) is 0. The normalized spacial score (nSPS) is 12.0. The quantitative estimate of drug-likeness (QED) is 0.618. The molecule has 0 rings (SSSR count). The molecular weight excluding hydrogens is 154 g/mol. The van der Waals surface area contributed by atoms with Crippen molar-refractivity contribution in [3.8, 4) is 0 Å². The minimum atomic E-state index is -2.47. The van der Waals surface area contributed by atoms with E-state index in [2.05, 4.69) is 0 Å². The first-order valence-corrected chi connectivity index (χ1v) is 5.80. The smallest absolute Gasteiger partial charge is 0.215 e. The van der Waals surface area contributed by atoms with E-state index in [1.807, 2.05) is 6.92 Å². The van der Waals surface area contributed by atoms with Crippen LogP contribution in [0.15, 0.2) is 0 Å². The van der Waals surface area contributed by atoms with E-state index in [0.29, 0.717) is 6.16 Å². The van der Waals surface area contributed by atoms with Crippen molar-refractivity contribution in [1.82, 2.24) is 0 Å². The summed E-state index contributed by atoms with van der Waals surface area (Å²) < 4.78 is 0. The van der Waals surface area contributed by atoms with Crippen LogP contribution in [0.25, 0.3) is 0 Å². The van der Waals surface area contributed by atoms with Crippen LogP contribution in [0.3, 0.4) is 0 Å². The van der Waals surface area contributed by atoms with Crippen molar-refractivity contribution >= 4 is 28.7 Å². The predicted octanol–water partition coefficient (Wildman–Crippen LogP) is 2.63. The molecule has 0 heterocycles. The molecule has 0 aliphatic rings. The molecule has 0 aliphatic carbocycles.